The number of hydrogen-bond acceptors (Lipinski definition) is 5. The topological polar surface area (TPSA) is 97.7 Å². The zero-order chi connectivity index (χ0) is 21.7. The molecule has 7 heteroatoms. The number of carboxylic acids is 1. The highest BCUT2D eigenvalue weighted by atomic mass is 32.2. The quantitative estimate of drug-likeness (QED) is 0.627. The highest BCUT2D eigenvalue weighted by molar-refractivity contribution is 7.91. The Morgan fingerprint density at radius 1 is 1.10 bits per heavy atom. The highest BCUT2D eigenvalue weighted by Crippen LogP contribution is 2.43. The largest absolute Gasteiger partial charge is 0.481 e. The first-order valence-corrected chi connectivity index (χ1v) is 11.8. The summed E-state index contributed by atoms with van der Waals surface area (Å²) in [4.78, 5) is 25.1. The van der Waals surface area contributed by atoms with E-state index in [-0.39, 0.29) is 23.5 Å². The molecule has 0 heterocycles. The monoisotopic (exact) mass is 424 g/mol. The minimum absolute atomic E-state index is 0.0428. The van der Waals surface area contributed by atoms with Crippen LogP contribution in [0.25, 0.3) is 0 Å². The molecule has 29 heavy (non-hydrogen) atoms. The minimum atomic E-state index is -3.57. The number of carbonyl (C=O) groups excluding carboxylic acids is 1. The van der Waals surface area contributed by atoms with E-state index in [9.17, 15) is 23.1 Å². The average molecular weight is 425 g/mol. The summed E-state index contributed by atoms with van der Waals surface area (Å²) in [7, 11) is -3.57. The zero-order valence-corrected chi connectivity index (χ0v) is 18.3. The fourth-order valence-corrected chi connectivity index (χ4v) is 5.34. The molecule has 1 aliphatic rings. The Morgan fingerprint density at radius 2 is 1.69 bits per heavy atom. The number of ether oxygens (including phenoxy) is 1. The third-order valence-corrected chi connectivity index (χ3v) is 7.24. The van der Waals surface area contributed by atoms with Gasteiger partial charge in [0.2, 0.25) is 0 Å². The minimum Gasteiger partial charge on any atom is -0.481 e. The van der Waals surface area contributed by atoms with E-state index >= 15 is 0 Å². The molecule has 1 fully saturated rings. The van der Waals surface area contributed by atoms with E-state index in [0.29, 0.717) is 12.8 Å². The molecule has 1 aromatic carbocycles. The number of rotatable bonds is 8. The fraction of sp³-hybridized carbons (Fsp3) is 0.636. The maximum absolute atomic E-state index is 12.8. The van der Waals surface area contributed by atoms with Crippen LogP contribution in [0.3, 0.4) is 0 Å². The molecule has 2 rings (SSSR count). The van der Waals surface area contributed by atoms with Crippen molar-refractivity contribution in [3.8, 4) is 0 Å². The number of carboxylic acid groups (broad SMARTS) is 1. The summed E-state index contributed by atoms with van der Waals surface area (Å²) in [6.45, 7) is 5.24. The SMILES string of the molecule is CC(C)(C)OC(=O)C(CCS(=O)(=O)c1ccccc1)CC1(C(=O)O)CCCCC1. The van der Waals surface area contributed by atoms with Crippen LogP contribution in [0.1, 0.15) is 65.7 Å². The molecule has 1 N–H and O–H groups in total. The van der Waals surface area contributed by atoms with Crippen LogP contribution in [0.2, 0.25) is 0 Å². The second-order valence-corrected chi connectivity index (χ2v) is 11.1. The Kier molecular flexibility index (Phi) is 7.49. The third kappa shape index (κ3) is 6.56. The van der Waals surface area contributed by atoms with Crippen LogP contribution < -0.4 is 0 Å². The molecule has 1 aromatic rings. The predicted octanol–water partition coefficient (Wildman–Crippen LogP) is 4.23. The number of carbonyl (C=O) groups is 2. The molecule has 0 aliphatic heterocycles. The zero-order valence-electron chi connectivity index (χ0n) is 17.5. The summed E-state index contributed by atoms with van der Waals surface area (Å²) in [5.41, 5.74) is -1.72. The van der Waals surface area contributed by atoms with E-state index in [4.69, 9.17) is 4.74 Å². The number of sulfone groups is 1. The summed E-state index contributed by atoms with van der Waals surface area (Å²) >= 11 is 0. The Hall–Kier alpha value is -1.89. The van der Waals surface area contributed by atoms with E-state index in [1.54, 1.807) is 39.0 Å². The fourth-order valence-electron chi connectivity index (χ4n) is 3.94. The van der Waals surface area contributed by atoms with Gasteiger partial charge in [-0.2, -0.15) is 0 Å². The van der Waals surface area contributed by atoms with Crippen molar-refractivity contribution in [2.24, 2.45) is 11.3 Å². The van der Waals surface area contributed by atoms with Gasteiger partial charge in [0, 0.05) is 0 Å². The Labute approximate surface area is 173 Å². The van der Waals surface area contributed by atoms with Crippen molar-refractivity contribution in [3.05, 3.63) is 30.3 Å². The van der Waals surface area contributed by atoms with Crippen molar-refractivity contribution >= 4 is 21.8 Å². The van der Waals surface area contributed by atoms with Gasteiger partial charge in [-0.3, -0.25) is 9.59 Å². The lowest BCUT2D eigenvalue weighted by Gasteiger charge is -2.36. The Bertz CT molecular complexity index is 801. The van der Waals surface area contributed by atoms with Crippen molar-refractivity contribution in [1.29, 1.82) is 0 Å². The van der Waals surface area contributed by atoms with Crippen molar-refractivity contribution in [2.75, 3.05) is 5.75 Å². The van der Waals surface area contributed by atoms with Crippen LogP contribution in [0.4, 0.5) is 0 Å². The number of aliphatic carboxylic acids is 1. The van der Waals surface area contributed by atoms with Crippen molar-refractivity contribution < 1.29 is 27.9 Å². The van der Waals surface area contributed by atoms with Gasteiger partial charge in [0.1, 0.15) is 5.60 Å². The number of benzene rings is 1. The van der Waals surface area contributed by atoms with Crippen LogP contribution in [0.5, 0.6) is 0 Å². The van der Waals surface area contributed by atoms with Gasteiger partial charge in [0.05, 0.1) is 22.0 Å². The van der Waals surface area contributed by atoms with Crippen LogP contribution in [0.15, 0.2) is 35.2 Å². The van der Waals surface area contributed by atoms with Gasteiger partial charge in [-0.05, 0) is 58.6 Å². The second-order valence-electron chi connectivity index (χ2n) is 9.00. The molecule has 0 radical (unpaired) electrons. The summed E-state index contributed by atoms with van der Waals surface area (Å²) in [5.74, 6) is -2.43. The first kappa shape index (κ1) is 23.4. The molecule has 6 nitrogen and oxygen atoms in total. The Balaban J connectivity index is 2.23. The third-order valence-electron chi connectivity index (χ3n) is 5.48. The van der Waals surface area contributed by atoms with E-state index in [1.807, 2.05) is 0 Å². The van der Waals surface area contributed by atoms with Gasteiger partial charge in [-0.15, -0.1) is 0 Å². The summed E-state index contributed by atoms with van der Waals surface area (Å²) in [6.07, 6.45) is 3.75. The molecule has 0 spiro atoms. The Morgan fingerprint density at radius 3 is 2.21 bits per heavy atom. The molecular formula is C22H32O6S. The highest BCUT2D eigenvalue weighted by Gasteiger charge is 2.44. The van der Waals surface area contributed by atoms with Crippen LogP contribution in [-0.4, -0.2) is 36.8 Å². The first-order valence-electron chi connectivity index (χ1n) is 10.2. The van der Waals surface area contributed by atoms with Gasteiger partial charge in [-0.1, -0.05) is 37.5 Å². The van der Waals surface area contributed by atoms with Crippen LogP contribution in [-0.2, 0) is 24.2 Å². The summed E-state index contributed by atoms with van der Waals surface area (Å²) in [5, 5.41) is 9.89. The van der Waals surface area contributed by atoms with Crippen molar-refractivity contribution in [3.63, 3.8) is 0 Å². The summed E-state index contributed by atoms with van der Waals surface area (Å²) in [6, 6.07) is 8.09. The van der Waals surface area contributed by atoms with Crippen LogP contribution >= 0.6 is 0 Å². The maximum atomic E-state index is 12.8. The molecule has 1 aliphatic carbocycles. The van der Waals surface area contributed by atoms with E-state index < -0.39 is 38.7 Å². The second kappa shape index (κ2) is 9.28. The number of hydrogen-bond donors (Lipinski definition) is 1. The molecule has 162 valence electrons. The maximum Gasteiger partial charge on any atom is 0.309 e. The van der Waals surface area contributed by atoms with E-state index in [2.05, 4.69) is 0 Å². The summed E-state index contributed by atoms with van der Waals surface area (Å²) < 4.78 is 30.9. The molecule has 1 unspecified atom stereocenters. The van der Waals surface area contributed by atoms with E-state index in [1.165, 1.54) is 12.1 Å². The van der Waals surface area contributed by atoms with Gasteiger partial charge in [0.25, 0.3) is 0 Å². The molecule has 0 bridgehead atoms. The van der Waals surface area contributed by atoms with Crippen molar-refractivity contribution in [2.45, 2.75) is 76.2 Å². The molecule has 1 atom stereocenters. The standard InChI is InChI=1S/C22H32O6S/c1-21(2,3)28-19(23)17(16-22(20(24)25)13-8-5-9-14-22)12-15-29(26,27)18-10-6-4-7-11-18/h4,6-7,10-11,17H,5,8-9,12-16H2,1-3H3,(H,24,25). The lowest BCUT2D eigenvalue weighted by molar-refractivity contribution is -0.164. The first-order chi connectivity index (χ1) is 13.5. The molecular weight excluding hydrogens is 392 g/mol. The molecule has 1 saturated carbocycles. The molecule has 0 aromatic heterocycles. The average Bonchev–Trinajstić information content (AvgIpc) is 2.65. The van der Waals surface area contributed by atoms with Gasteiger partial charge < -0.3 is 9.84 Å². The number of esters is 1. The lowest BCUT2D eigenvalue weighted by Crippen LogP contribution is -2.39. The van der Waals surface area contributed by atoms with Gasteiger partial charge >= 0.3 is 11.9 Å². The molecule has 0 saturated heterocycles. The van der Waals surface area contributed by atoms with Gasteiger partial charge in [0.15, 0.2) is 9.84 Å². The normalized spacial score (nSPS) is 18.0. The van der Waals surface area contributed by atoms with Crippen LogP contribution in [0, 0.1) is 11.3 Å². The van der Waals surface area contributed by atoms with Gasteiger partial charge in [-0.25, -0.2) is 8.42 Å². The molecule has 0 amide bonds. The predicted molar refractivity (Wildman–Crippen MR) is 110 cm³/mol. The van der Waals surface area contributed by atoms with E-state index in [0.717, 1.165) is 19.3 Å². The smallest absolute Gasteiger partial charge is 0.309 e. The van der Waals surface area contributed by atoms with Crippen molar-refractivity contribution in [1.82, 2.24) is 0 Å². The lowest BCUT2D eigenvalue weighted by atomic mass is 9.68.